The summed E-state index contributed by atoms with van der Waals surface area (Å²) in [7, 11) is 0. The first-order valence-corrected chi connectivity index (χ1v) is 10.0. The van der Waals surface area contributed by atoms with Crippen LogP contribution in [0.25, 0.3) is 0 Å². The number of rotatable bonds is 3. The lowest BCUT2D eigenvalue weighted by atomic mass is 9.65. The highest BCUT2D eigenvalue weighted by Gasteiger charge is 2.40. The van der Waals surface area contributed by atoms with E-state index in [-0.39, 0.29) is 18.3 Å². The summed E-state index contributed by atoms with van der Waals surface area (Å²) in [6.07, 6.45) is 12.9. The summed E-state index contributed by atoms with van der Waals surface area (Å²) in [4.78, 5) is 12.6. The van der Waals surface area contributed by atoms with E-state index in [1.54, 1.807) is 0 Å². The fourth-order valence-corrected chi connectivity index (χ4v) is 5.64. The smallest absolute Gasteiger partial charge is 0.223 e. The van der Waals surface area contributed by atoms with Gasteiger partial charge in [0.15, 0.2) is 0 Å². The third-order valence-electron chi connectivity index (χ3n) is 6.09. The van der Waals surface area contributed by atoms with Gasteiger partial charge in [-0.05, 0) is 63.0 Å². The molecule has 3 aliphatic carbocycles. The zero-order valence-electron chi connectivity index (χ0n) is 13.6. The average Bonchev–Trinajstić information content (AvgIpc) is 2.47. The summed E-state index contributed by atoms with van der Waals surface area (Å²) in [5, 5.41) is 4.10. The van der Waals surface area contributed by atoms with E-state index in [0.717, 1.165) is 24.5 Å². The van der Waals surface area contributed by atoms with Gasteiger partial charge < -0.3 is 11.1 Å². The van der Waals surface area contributed by atoms with Crippen molar-refractivity contribution < 1.29 is 4.79 Å². The minimum absolute atomic E-state index is 0. The zero-order valence-corrected chi connectivity index (χ0v) is 15.3. The molecule has 3 saturated carbocycles. The van der Waals surface area contributed by atoms with Crippen LogP contribution in [0, 0.1) is 17.8 Å². The Kier molecular flexibility index (Phi) is 6.91. The van der Waals surface area contributed by atoms with E-state index in [1.165, 1.54) is 38.5 Å². The van der Waals surface area contributed by atoms with E-state index >= 15 is 0 Å². The fourth-order valence-electron chi connectivity index (χ4n) is 4.81. The van der Waals surface area contributed by atoms with Gasteiger partial charge in [0, 0.05) is 23.3 Å². The Bertz CT molecular complexity index is 368. The van der Waals surface area contributed by atoms with Crippen molar-refractivity contribution in [3.8, 4) is 0 Å². The van der Waals surface area contributed by atoms with Gasteiger partial charge in [-0.1, -0.05) is 12.8 Å². The molecule has 3 nitrogen and oxygen atoms in total. The molecule has 5 heteroatoms. The number of fused-ring (bicyclic) bond motifs is 2. The minimum atomic E-state index is 0. The maximum Gasteiger partial charge on any atom is 0.223 e. The molecule has 22 heavy (non-hydrogen) atoms. The van der Waals surface area contributed by atoms with Gasteiger partial charge in [-0.25, -0.2) is 0 Å². The minimum Gasteiger partial charge on any atom is -0.353 e. The molecule has 0 aromatic carbocycles. The SMILES string of the molecule is CSC1CCCC(NC(=O)C2CC3CCCC(C2)C3N)C1.Cl. The van der Waals surface area contributed by atoms with Gasteiger partial charge in [0.1, 0.15) is 0 Å². The number of nitrogens with two attached hydrogens (primary N) is 1. The molecule has 0 aromatic rings. The predicted octanol–water partition coefficient (Wildman–Crippen LogP) is 3.35. The van der Waals surface area contributed by atoms with Crippen LogP contribution in [-0.4, -0.2) is 29.5 Å². The lowest BCUT2D eigenvalue weighted by molar-refractivity contribution is -0.128. The van der Waals surface area contributed by atoms with E-state index in [4.69, 9.17) is 5.73 Å². The Labute approximate surface area is 145 Å². The second-order valence-corrected chi connectivity index (χ2v) is 8.56. The van der Waals surface area contributed by atoms with Crippen LogP contribution in [0.3, 0.4) is 0 Å². The third-order valence-corrected chi connectivity index (χ3v) is 7.18. The Morgan fingerprint density at radius 1 is 1.05 bits per heavy atom. The second kappa shape index (κ2) is 8.25. The molecular weight excluding hydrogens is 316 g/mol. The topological polar surface area (TPSA) is 55.1 Å². The van der Waals surface area contributed by atoms with Gasteiger partial charge >= 0.3 is 0 Å². The first kappa shape index (κ1) is 18.4. The van der Waals surface area contributed by atoms with E-state index in [9.17, 15) is 4.79 Å². The normalized spacial score (nSPS) is 41.4. The molecule has 1 amide bonds. The van der Waals surface area contributed by atoms with Crippen molar-refractivity contribution in [3.63, 3.8) is 0 Å². The quantitative estimate of drug-likeness (QED) is 0.823. The van der Waals surface area contributed by atoms with Crippen molar-refractivity contribution in [3.05, 3.63) is 0 Å². The van der Waals surface area contributed by atoms with Crippen molar-refractivity contribution in [1.82, 2.24) is 5.32 Å². The van der Waals surface area contributed by atoms with Gasteiger partial charge in [0.05, 0.1) is 0 Å². The summed E-state index contributed by atoms with van der Waals surface area (Å²) in [5.74, 6) is 1.75. The largest absolute Gasteiger partial charge is 0.353 e. The monoisotopic (exact) mass is 346 g/mol. The maximum absolute atomic E-state index is 12.6. The number of hydrogen-bond acceptors (Lipinski definition) is 3. The Morgan fingerprint density at radius 2 is 1.68 bits per heavy atom. The van der Waals surface area contributed by atoms with Crippen LogP contribution in [0.1, 0.15) is 57.8 Å². The Hall–Kier alpha value is 0.0700. The zero-order chi connectivity index (χ0) is 14.8. The molecule has 0 aromatic heterocycles. The molecule has 3 rings (SSSR count). The highest BCUT2D eigenvalue weighted by molar-refractivity contribution is 7.99. The molecular formula is C17H31ClN2OS. The molecule has 3 N–H and O–H groups in total. The van der Waals surface area contributed by atoms with Gasteiger partial charge in [-0.3, -0.25) is 4.79 Å². The van der Waals surface area contributed by atoms with Crippen molar-refractivity contribution in [2.75, 3.05) is 6.26 Å². The molecule has 3 fully saturated rings. The Balaban J connectivity index is 0.00000176. The average molecular weight is 347 g/mol. The number of carbonyl (C=O) groups excluding carboxylic acids is 1. The van der Waals surface area contributed by atoms with Gasteiger partial charge in [0.25, 0.3) is 0 Å². The van der Waals surface area contributed by atoms with Crippen LogP contribution >= 0.6 is 24.2 Å². The van der Waals surface area contributed by atoms with Crippen LogP contribution in [-0.2, 0) is 4.79 Å². The van der Waals surface area contributed by atoms with Crippen LogP contribution in [0.5, 0.6) is 0 Å². The third kappa shape index (κ3) is 4.12. The first-order valence-electron chi connectivity index (χ1n) is 8.76. The molecule has 3 aliphatic rings. The summed E-state index contributed by atoms with van der Waals surface area (Å²) < 4.78 is 0. The van der Waals surface area contributed by atoms with E-state index < -0.39 is 0 Å². The van der Waals surface area contributed by atoms with E-state index in [2.05, 4.69) is 11.6 Å². The number of nitrogens with one attached hydrogen (secondary N) is 1. The van der Waals surface area contributed by atoms with E-state index in [0.29, 0.717) is 29.8 Å². The molecule has 4 unspecified atom stereocenters. The highest BCUT2D eigenvalue weighted by Crippen LogP contribution is 2.42. The molecule has 0 saturated heterocycles. The van der Waals surface area contributed by atoms with E-state index in [1.807, 2.05) is 11.8 Å². The van der Waals surface area contributed by atoms with Crippen LogP contribution in [0.2, 0.25) is 0 Å². The van der Waals surface area contributed by atoms with Crippen molar-refractivity contribution >= 4 is 30.1 Å². The number of halogens is 1. The summed E-state index contributed by atoms with van der Waals surface area (Å²) in [5.41, 5.74) is 6.33. The summed E-state index contributed by atoms with van der Waals surface area (Å²) >= 11 is 1.96. The molecule has 0 heterocycles. The fraction of sp³-hybridized carbons (Fsp3) is 0.941. The standard InChI is InChI=1S/C17H30N2OS.ClH/c1-21-15-7-3-6-14(10-15)19-17(20)13-8-11-4-2-5-12(9-13)16(11)18;/h11-16H,2-10,18H2,1H3,(H,19,20);1H. The molecule has 0 spiro atoms. The molecule has 2 bridgehead atoms. The van der Waals surface area contributed by atoms with Crippen LogP contribution in [0.15, 0.2) is 0 Å². The van der Waals surface area contributed by atoms with Crippen molar-refractivity contribution in [1.29, 1.82) is 0 Å². The second-order valence-electron chi connectivity index (χ2n) is 7.43. The lowest BCUT2D eigenvalue weighted by Gasteiger charge is -2.44. The van der Waals surface area contributed by atoms with Crippen molar-refractivity contribution in [2.45, 2.75) is 75.1 Å². The first-order chi connectivity index (χ1) is 10.2. The molecule has 0 aliphatic heterocycles. The number of hydrogen-bond donors (Lipinski definition) is 2. The molecule has 4 atom stereocenters. The van der Waals surface area contributed by atoms with Gasteiger partial charge in [-0.15, -0.1) is 12.4 Å². The summed E-state index contributed by atoms with van der Waals surface area (Å²) in [6, 6.07) is 0.775. The lowest BCUT2D eigenvalue weighted by Crippen LogP contribution is -2.50. The predicted molar refractivity (Wildman–Crippen MR) is 96.5 cm³/mol. The van der Waals surface area contributed by atoms with Gasteiger partial charge in [0.2, 0.25) is 5.91 Å². The highest BCUT2D eigenvalue weighted by atomic mass is 35.5. The van der Waals surface area contributed by atoms with Crippen LogP contribution < -0.4 is 11.1 Å². The molecule has 0 radical (unpaired) electrons. The van der Waals surface area contributed by atoms with Crippen molar-refractivity contribution in [2.24, 2.45) is 23.5 Å². The summed E-state index contributed by atoms with van der Waals surface area (Å²) in [6.45, 7) is 0. The van der Waals surface area contributed by atoms with Crippen LogP contribution in [0.4, 0.5) is 0 Å². The molecule has 128 valence electrons. The number of amides is 1. The number of carbonyl (C=O) groups is 1. The number of thioether (sulfide) groups is 1. The van der Waals surface area contributed by atoms with Gasteiger partial charge in [-0.2, -0.15) is 11.8 Å². The maximum atomic E-state index is 12.6. The Morgan fingerprint density at radius 3 is 2.32 bits per heavy atom.